The highest BCUT2D eigenvalue weighted by Crippen LogP contribution is 2.31. The van der Waals surface area contributed by atoms with Gasteiger partial charge < -0.3 is 16.0 Å². The van der Waals surface area contributed by atoms with E-state index in [-0.39, 0.29) is 17.7 Å². The van der Waals surface area contributed by atoms with Crippen LogP contribution in [0.3, 0.4) is 0 Å². The van der Waals surface area contributed by atoms with Crippen LogP contribution in [0, 0.1) is 6.92 Å². The summed E-state index contributed by atoms with van der Waals surface area (Å²) < 4.78 is 1.75. The van der Waals surface area contributed by atoms with Gasteiger partial charge in [0.15, 0.2) is 4.34 Å². The second kappa shape index (κ2) is 9.63. The molecule has 0 aliphatic carbocycles. The predicted octanol–water partition coefficient (Wildman–Crippen LogP) is 5.98. The van der Waals surface area contributed by atoms with E-state index in [4.69, 9.17) is 0 Å². The first-order valence-electron chi connectivity index (χ1n) is 9.58. The third kappa shape index (κ3) is 5.84. The Morgan fingerprint density at radius 1 is 0.871 bits per heavy atom. The molecular formula is C23H20N4O2S2. The van der Waals surface area contributed by atoms with Crippen molar-refractivity contribution in [1.29, 1.82) is 0 Å². The van der Waals surface area contributed by atoms with Gasteiger partial charge in [0, 0.05) is 17.1 Å². The molecular weight excluding hydrogens is 428 g/mol. The Hall–Kier alpha value is -3.36. The van der Waals surface area contributed by atoms with E-state index in [0.717, 1.165) is 31.5 Å². The number of carbonyl (C=O) groups is 2. The first-order chi connectivity index (χ1) is 15.0. The Balaban J connectivity index is 1.35. The molecule has 0 saturated heterocycles. The number of aromatic nitrogens is 1. The fourth-order valence-corrected chi connectivity index (χ4v) is 4.81. The fraction of sp³-hybridized carbons (Fsp3) is 0.0870. The molecule has 4 rings (SSSR count). The number of hydrogen-bond acceptors (Lipinski definition) is 5. The van der Waals surface area contributed by atoms with Crippen molar-refractivity contribution in [2.24, 2.45) is 0 Å². The lowest BCUT2D eigenvalue weighted by atomic mass is 10.2. The molecule has 0 atom stereocenters. The van der Waals surface area contributed by atoms with Gasteiger partial charge in [-0.15, -0.1) is 11.3 Å². The van der Waals surface area contributed by atoms with Gasteiger partial charge in [0.25, 0.3) is 0 Å². The zero-order valence-corrected chi connectivity index (χ0v) is 18.3. The highest BCUT2D eigenvalue weighted by atomic mass is 32.2. The summed E-state index contributed by atoms with van der Waals surface area (Å²) in [5.74, 6) is 0.202. The third-order valence-electron chi connectivity index (χ3n) is 4.29. The summed E-state index contributed by atoms with van der Waals surface area (Å²) in [7, 11) is 0. The maximum Gasteiger partial charge on any atom is 0.323 e. The Morgan fingerprint density at radius 2 is 1.61 bits per heavy atom. The smallest absolute Gasteiger partial charge is 0.323 e. The molecule has 4 aromatic rings. The second-order valence-electron chi connectivity index (χ2n) is 6.81. The van der Waals surface area contributed by atoms with Crippen molar-refractivity contribution in [3.63, 3.8) is 0 Å². The van der Waals surface area contributed by atoms with E-state index in [1.165, 1.54) is 23.1 Å². The molecule has 1 heterocycles. The number of nitrogens with one attached hydrogen (secondary N) is 3. The van der Waals surface area contributed by atoms with E-state index in [0.29, 0.717) is 5.69 Å². The van der Waals surface area contributed by atoms with Crippen molar-refractivity contribution < 1.29 is 9.59 Å². The van der Waals surface area contributed by atoms with Crippen molar-refractivity contribution in [2.75, 3.05) is 21.7 Å². The van der Waals surface area contributed by atoms with Crippen LogP contribution in [-0.2, 0) is 4.79 Å². The number of aryl methyl sites for hydroxylation is 1. The highest BCUT2D eigenvalue weighted by molar-refractivity contribution is 8.01. The van der Waals surface area contributed by atoms with Crippen molar-refractivity contribution in [3.05, 3.63) is 78.4 Å². The minimum absolute atomic E-state index is 0.0743. The number of hydrogen-bond donors (Lipinski definition) is 3. The topological polar surface area (TPSA) is 83.1 Å². The predicted molar refractivity (Wildman–Crippen MR) is 129 cm³/mol. The van der Waals surface area contributed by atoms with Crippen LogP contribution in [0.2, 0.25) is 0 Å². The number of urea groups is 1. The van der Waals surface area contributed by atoms with Gasteiger partial charge in [0.1, 0.15) is 0 Å². The Labute approximate surface area is 188 Å². The van der Waals surface area contributed by atoms with Gasteiger partial charge in [-0.2, -0.15) is 0 Å². The SMILES string of the molecule is Cc1cccc(NC(=O)CSc2nc3ccc(NC(=O)Nc4ccccc4)cc3s2)c1. The Morgan fingerprint density at radius 3 is 2.42 bits per heavy atom. The molecule has 8 heteroatoms. The first kappa shape index (κ1) is 20.9. The maximum atomic E-state index is 12.2. The van der Waals surface area contributed by atoms with Crippen LogP contribution in [-0.4, -0.2) is 22.7 Å². The van der Waals surface area contributed by atoms with Gasteiger partial charge in [-0.3, -0.25) is 4.79 Å². The van der Waals surface area contributed by atoms with Gasteiger partial charge in [-0.05, 0) is 55.0 Å². The zero-order valence-electron chi connectivity index (χ0n) is 16.7. The largest absolute Gasteiger partial charge is 0.325 e. The summed E-state index contributed by atoms with van der Waals surface area (Å²) in [4.78, 5) is 29.0. The van der Waals surface area contributed by atoms with Crippen LogP contribution in [0.15, 0.2) is 77.1 Å². The van der Waals surface area contributed by atoms with Gasteiger partial charge in [0.2, 0.25) is 5.91 Å². The quantitative estimate of drug-likeness (QED) is 0.317. The first-order valence-corrected chi connectivity index (χ1v) is 11.4. The Bertz CT molecular complexity index is 1220. The van der Waals surface area contributed by atoms with E-state index in [1.807, 2.05) is 79.7 Å². The van der Waals surface area contributed by atoms with E-state index in [2.05, 4.69) is 20.9 Å². The molecule has 6 nitrogen and oxygen atoms in total. The molecule has 0 fully saturated rings. The fourth-order valence-electron chi connectivity index (χ4n) is 2.91. The number of para-hydroxylation sites is 1. The molecule has 0 aliphatic rings. The van der Waals surface area contributed by atoms with Crippen LogP contribution in [0.1, 0.15) is 5.56 Å². The lowest BCUT2D eigenvalue weighted by molar-refractivity contribution is -0.113. The number of carbonyl (C=O) groups excluding carboxylic acids is 2. The molecule has 0 bridgehead atoms. The van der Waals surface area contributed by atoms with Gasteiger partial charge in [0.05, 0.1) is 16.0 Å². The lowest BCUT2D eigenvalue weighted by Crippen LogP contribution is -2.19. The average Bonchev–Trinajstić information content (AvgIpc) is 3.15. The van der Waals surface area contributed by atoms with Gasteiger partial charge in [-0.25, -0.2) is 9.78 Å². The number of nitrogens with zero attached hydrogens (tertiary/aromatic N) is 1. The number of thioether (sulfide) groups is 1. The number of amides is 3. The second-order valence-corrected chi connectivity index (χ2v) is 9.07. The molecule has 3 N–H and O–H groups in total. The summed E-state index contributed by atoms with van der Waals surface area (Å²) in [5, 5.41) is 8.52. The van der Waals surface area contributed by atoms with Crippen LogP contribution < -0.4 is 16.0 Å². The summed E-state index contributed by atoms with van der Waals surface area (Å²) in [5.41, 5.74) is 4.12. The summed E-state index contributed by atoms with van der Waals surface area (Å²) in [6.45, 7) is 1.99. The number of fused-ring (bicyclic) bond motifs is 1. The minimum Gasteiger partial charge on any atom is -0.325 e. The summed E-state index contributed by atoms with van der Waals surface area (Å²) >= 11 is 2.89. The monoisotopic (exact) mass is 448 g/mol. The van der Waals surface area contributed by atoms with Crippen LogP contribution >= 0.6 is 23.1 Å². The zero-order chi connectivity index (χ0) is 21.6. The normalized spacial score (nSPS) is 10.6. The molecule has 0 unspecified atom stereocenters. The minimum atomic E-state index is -0.308. The standard InChI is InChI=1S/C23H20N4O2S2/c1-15-6-5-9-17(12-15)24-21(28)14-30-23-27-19-11-10-18(13-20(19)31-23)26-22(29)25-16-7-3-2-4-8-16/h2-13H,14H2,1H3,(H,24,28)(H2,25,26,29). The molecule has 1 aromatic heterocycles. The molecule has 31 heavy (non-hydrogen) atoms. The molecule has 0 radical (unpaired) electrons. The molecule has 0 saturated carbocycles. The third-order valence-corrected chi connectivity index (χ3v) is 6.45. The van der Waals surface area contributed by atoms with Crippen molar-refractivity contribution >= 4 is 62.3 Å². The summed E-state index contributed by atoms with van der Waals surface area (Å²) in [6.07, 6.45) is 0. The molecule has 3 amide bonds. The molecule has 0 spiro atoms. The van der Waals surface area contributed by atoms with Crippen LogP contribution in [0.25, 0.3) is 10.2 Å². The lowest BCUT2D eigenvalue weighted by Gasteiger charge is -2.07. The number of rotatable bonds is 6. The molecule has 3 aromatic carbocycles. The van der Waals surface area contributed by atoms with Crippen molar-refractivity contribution in [3.8, 4) is 0 Å². The van der Waals surface area contributed by atoms with E-state index >= 15 is 0 Å². The van der Waals surface area contributed by atoms with Gasteiger partial charge in [-0.1, -0.05) is 42.1 Å². The van der Waals surface area contributed by atoms with Crippen molar-refractivity contribution in [2.45, 2.75) is 11.3 Å². The highest BCUT2D eigenvalue weighted by Gasteiger charge is 2.10. The van der Waals surface area contributed by atoms with E-state index in [1.54, 1.807) is 0 Å². The van der Waals surface area contributed by atoms with Crippen molar-refractivity contribution in [1.82, 2.24) is 4.98 Å². The summed E-state index contributed by atoms with van der Waals surface area (Å²) in [6, 6.07) is 22.2. The van der Waals surface area contributed by atoms with Gasteiger partial charge >= 0.3 is 6.03 Å². The molecule has 0 aliphatic heterocycles. The number of anilines is 3. The Kier molecular flexibility index (Phi) is 6.49. The van der Waals surface area contributed by atoms with Crippen LogP contribution in [0.4, 0.5) is 21.9 Å². The van der Waals surface area contributed by atoms with Crippen LogP contribution in [0.5, 0.6) is 0 Å². The maximum absolute atomic E-state index is 12.2. The van der Waals surface area contributed by atoms with E-state index < -0.39 is 0 Å². The molecule has 156 valence electrons. The average molecular weight is 449 g/mol. The number of thiazole rings is 1. The van der Waals surface area contributed by atoms with E-state index in [9.17, 15) is 9.59 Å². The number of benzene rings is 3.